The van der Waals surface area contributed by atoms with Crippen LogP contribution in [0.2, 0.25) is 0 Å². The smallest absolute Gasteiger partial charge is 0.311 e. The number of benzene rings is 2. The molecule has 1 atom stereocenters. The lowest BCUT2D eigenvalue weighted by molar-refractivity contribution is -0.124. The first-order chi connectivity index (χ1) is 9.90. The highest BCUT2D eigenvalue weighted by Crippen LogP contribution is 2.48. The lowest BCUT2D eigenvalue weighted by Crippen LogP contribution is -2.41. The van der Waals surface area contributed by atoms with Gasteiger partial charge >= 0.3 is 5.00 Å². The Balaban J connectivity index is 2.29. The maximum atomic E-state index is 15.4. The zero-order valence-electron chi connectivity index (χ0n) is 11.2. The highest BCUT2D eigenvalue weighted by molar-refractivity contribution is 7.93. The van der Waals surface area contributed by atoms with Gasteiger partial charge in [0.05, 0.1) is 10.6 Å². The number of carbonyl (C=O) groups is 1. The molecule has 0 radical (unpaired) electrons. The molecule has 1 heterocycles. The number of hydrogen-bond acceptors (Lipinski definition) is 3. The van der Waals surface area contributed by atoms with E-state index in [4.69, 9.17) is 0 Å². The zero-order chi connectivity index (χ0) is 15.3. The summed E-state index contributed by atoms with van der Waals surface area (Å²) in [5.41, 5.74) is 0.130. The quantitative estimate of drug-likeness (QED) is 0.855. The predicted octanol–water partition coefficient (Wildman–Crippen LogP) is 2.26. The van der Waals surface area contributed by atoms with Crippen LogP contribution in [0.1, 0.15) is 5.56 Å². The summed E-state index contributed by atoms with van der Waals surface area (Å²) in [6.07, 6.45) is 0. The first-order valence-corrected chi connectivity index (χ1v) is 7.75. The fraction of sp³-hybridized carbons (Fsp3) is 0.133. The number of anilines is 1. The lowest BCUT2D eigenvalue weighted by atomic mass is 10.1. The van der Waals surface area contributed by atoms with Gasteiger partial charge in [0.25, 0.3) is 5.91 Å². The van der Waals surface area contributed by atoms with Crippen LogP contribution in [-0.2, 0) is 19.6 Å². The first kappa shape index (κ1) is 13.8. The van der Waals surface area contributed by atoms with Crippen molar-refractivity contribution in [1.82, 2.24) is 0 Å². The third kappa shape index (κ3) is 1.65. The van der Waals surface area contributed by atoms with Crippen LogP contribution in [0.3, 0.4) is 0 Å². The van der Waals surface area contributed by atoms with E-state index in [2.05, 4.69) is 0 Å². The van der Waals surface area contributed by atoms with Gasteiger partial charge in [-0.25, -0.2) is 12.8 Å². The topological polar surface area (TPSA) is 54.5 Å². The SMILES string of the molecule is CN1C(=O)C(F)(S(=O)(=O)c2ccccc2)c2ccccc21. The van der Waals surface area contributed by atoms with Crippen molar-refractivity contribution < 1.29 is 17.6 Å². The number of likely N-dealkylation sites (N-methyl/N-ethyl adjacent to an activating group) is 1. The van der Waals surface area contributed by atoms with E-state index in [1.165, 1.54) is 49.5 Å². The van der Waals surface area contributed by atoms with Gasteiger partial charge in [0.15, 0.2) is 0 Å². The van der Waals surface area contributed by atoms with Gasteiger partial charge in [0.2, 0.25) is 9.84 Å². The van der Waals surface area contributed by atoms with Crippen LogP contribution in [-0.4, -0.2) is 21.4 Å². The van der Waals surface area contributed by atoms with Crippen LogP contribution >= 0.6 is 0 Å². The number of sulfone groups is 1. The van der Waals surface area contributed by atoms with Gasteiger partial charge in [-0.1, -0.05) is 36.4 Å². The molecule has 0 N–H and O–H groups in total. The molecule has 21 heavy (non-hydrogen) atoms. The molecule has 3 rings (SSSR count). The Bertz CT molecular complexity index is 820. The van der Waals surface area contributed by atoms with Gasteiger partial charge in [-0.15, -0.1) is 0 Å². The van der Waals surface area contributed by atoms with Crippen molar-refractivity contribution in [2.45, 2.75) is 9.90 Å². The number of halogens is 1. The molecule has 0 bridgehead atoms. The molecule has 0 saturated heterocycles. The van der Waals surface area contributed by atoms with E-state index in [1.807, 2.05) is 0 Å². The number of rotatable bonds is 2. The second-order valence-corrected chi connectivity index (χ2v) is 6.83. The third-order valence-corrected chi connectivity index (χ3v) is 5.64. The van der Waals surface area contributed by atoms with Crippen molar-refractivity contribution in [2.75, 3.05) is 11.9 Å². The molecule has 108 valence electrons. The van der Waals surface area contributed by atoms with Crippen LogP contribution in [0.25, 0.3) is 0 Å². The number of amides is 1. The summed E-state index contributed by atoms with van der Waals surface area (Å²) in [6.45, 7) is 0. The molecule has 0 aliphatic carbocycles. The Morgan fingerprint density at radius 3 is 2.24 bits per heavy atom. The fourth-order valence-electron chi connectivity index (χ4n) is 2.50. The van der Waals surface area contributed by atoms with E-state index in [1.54, 1.807) is 12.1 Å². The van der Waals surface area contributed by atoms with Crippen LogP contribution in [0.4, 0.5) is 10.1 Å². The van der Waals surface area contributed by atoms with Crippen LogP contribution in [0.5, 0.6) is 0 Å². The van der Waals surface area contributed by atoms with E-state index in [0.29, 0.717) is 0 Å². The van der Waals surface area contributed by atoms with E-state index in [-0.39, 0.29) is 16.1 Å². The Kier molecular flexibility index (Phi) is 2.88. The summed E-state index contributed by atoms with van der Waals surface area (Å²) in [5, 5.41) is -3.08. The van der Waals surface area contributed by atoms with E-state index in [9.17, 15) is 13.2 Å². The second-order valence-electron chi connectivity index (χ2n) is 4.79. The number of para-hydroxylation sites is 1. The van der Waals surface area contributed by atoms with Gasteiger partial charge in [0.1, 0.15) is 0 Å². The van der Waals surface area contributed by atoms with Crippen LogP contribution in [0, 0.1) is 0 Å². The summed E-state index contributed by atoms with van der Waals surface area (Å²) >= 11 is 0. The molecule has 0 saturated carbocycles. The predicted molar refractivity (Wildman–Crippen MR) is 76.3 cm³/mol. The molecular formula is C15H12FNO3S. The molecule has 1 unspecified atom stereocenters. The molecule has 1 amide bonds. The molecule has 1 aliphatic rings. The number of fused-ring (bicyclic) bond motifs is 1. The summed E-state index contributed by atoms with van der Waals surface area (Å²) in [4.78, 5) is 13.1. The minimum Gasteiger partial charge on any atom is -0.311 e. The van der Waals surface area contributed by atoms with E-state index in [0.717, 1.165) is 4.90 Å². The average Bonchev–Trinajstić information content (AvgIpc) is 2.72. The largest absolute Gasteiger partial charge is 0.319 e. The molecule has 4 nitrogen and oxygen atoms in total. The van der Waals surface area contributed by atoms with Gasteiger partial charge in [0, 0.05) is 12.6 Å². The van der Waals surface area contributed by atoms with E-state index >= 15 is 4.39 Å². The zero-order valence-corrected chi connectivity index (χ0v) is 12.0. The van der Waals surface area contributed by atoms with Gasteiger partial charge in [-0.2, -0.15) is 0 Å². The summed E-state index contributed by atoms with van der Waals surface area (Å²) in [5.74, 6) is -1.09. The van der Waals surface area contributed by atoms with Crippen molar-refractivity contribution in [3.8, 4) is 0 Å². The Morgan fingerprint density at radius 1 is 1.00 bits per heavy atom. The highest BCUT2D eigenvalue weighted by atomic mass is 32.2. The monoisotopic (exact) mass is 305 g/mol. The lowest BCUT2D eigenvalue weighted by Gasteiger charge is -2.19. The van der Waals surface area contributed by atoms with Gasteiger partial charge in [-0.05, 0) is 18.2 Å². The minimum atomic E-state index is -4.49. The molecule has 1 aliphatic heterocycles. The first-order valence-electron chi connectivity index (χ1n) is 6.27. The minimum absolute atomic E-state index is 0.138. The van der Waals surface area contributed by atoms with Crippen LogP contribution < -0.4 is 4.90 Å². The molecule has 0 fully saturated rings. The Labute approximate surface area is 121 Å². The number of hydrogen-bond donors (Lipinski definition) is 0. The highest BCUT2D eigenvalue weighted by Gasteiger charge is 2.60. The van der Waals surface area contributed by atoms with Crippen molar-refractivity contribution in [3.63, 3.8) is 0 Å². The molecule has 2 aromatic carbocycles. The number of nitrogens with zero attached hydrogens (tertiary/aromatic N) is 1. The van der Waals surface area contributed by atoms with Gasteiger partial charge in [-0.3, -0.25) is 4.79 Å². The Hall–Kier alpha value is -2.21. The normalized spacial score (nSPS) is 21.4. The number of alkyl halides is 1. The van der Waals surface area contributed by atoms with Gasteiger partial charge < -0.3 is 4.90 Å². The molecule has 2 aromatic rings. The molecule has 6 heteroatoms. The van der Waals surface area contributed by atoms with Crippen molar-refractivity contribution in [3.05, 3.63) is 60.2 Å². The summed E-state index contributed by atoms with van der Waals surface area (Å²) in [7, 11) is -3.13. The third-order valence-electron chi connectivity index (χ3n) is 3.62. The second kappa shape index (κ2) is 4.39. The van der Waals surface area contributed by atoms with E-state index < -0.39 is 20.7 Å². The standard InChI is InChI=1S/C15H12FNO3S/c1-17-13-10-6-5-9-12(13)15(16,14(17)18)21(19,20)11-7-3-2-4-8-11/h2-10H,1H3. The maximum absolute atomic E-state index is 15.4. The molecule has 0 aromatic heterocycles. The number of carbonyl (C=O) groups excluding carboxylic acids is 1. The summed E-state index contributed by atoms with van der Waals surface area (Å²) < 4.78 is 40.7. The average molecular weight is 305 g/mol. The molecular weight excluding hydrogens is 293 g/mol. The van der Waals surface area contributed by atoms with Crippen LogP contribution in [0.15, 0.2) is 59.5 Å². The fourth-order valence-corrected chi connectivity index (χ4v) is 4.17. The molecule has 0 spiro atoms. The van der Waals surface area contributed by atoms with Crippen molar-refractivity contribution in [1.29, 1.82) is 0 Å². The van der Waals surface area contributed by atoms with Crippen molar-refractivity contribution in [2.24, 2.45) is 0 Å². The van der Waals surface area contributed by atoms with Crippen molar-refractivity contribution >= 4 is 21.4 Å². The maximum Gasteiger partial charge on any atom is 0.319 e. The summed E-state index contributed by atoms with van der Waals surface area (Å²) in [6, 6.07) is 13.2. The Morgan fingerprint density at radius 2 is 1.57 bits per heavy atom.